The summed E-state index contributed by atoms with van der Waals surface area (Å²) in [6.45, 7) is 1.46. The van der Waals surface area contributed by atoms with E-state index in [1.807, 2.05) is 44.4 Å². The first-order valence-corrected chi connectivity index (χ1v) is 10.7. The van der Waals surface area contributed by atoms with E-state index >= 15 is 0 Å². The van der Waals surface area contributed by atoms with Crippen LogP contribution in [0.25, 0.3) is 0 Å². The Balaban J connectivity index is 1.65. The van der Waals surface area contributed by atoms with E-state index < -0.39 is 0 Å². The number of carbonyl (C=O) groups is 2. The number of benzene rings is 3. The lowest BCUT2D eigenvalue weighted by atomic mass is 10.1. The van der Waals surface area contributed by atoms with Gasteiger partial charge in [0.1, 0.15) is 17.2 Å². The van der Waals surface area contributed by atoms with Gasteiger partial charge in [-0.15, -0.1) is 0 Å². The van der Waals surface area contributed by atoms with Crippen molar-refractivity contribution in [3.05, 3.63) is 83.9 Å². The number of para-hydroxylation sites is 1. The summed E-state index contributed by atoms with van der Waals surface area (Å²) in [4.78, 5) is 27.3. The standard InChI is InChI=1S/C26H29N3O4/c1-29(2)16-8-15-27-26(31)23-14-13-20(18-24(23)32-3)28-25(30)19-9-7-12-22(17-19)33-21-10-5-4-6-11-21/h4-7,9-14,17-18H,8,15-16H2,1-3H3,(H,27,31)(H,28,30). The van der Waals surface area contributed by atoms with Crippen molar-refractivity contribution >= 4 is 17.5 Å². The van der Waals surface area contributed by atoms with Gasteiger partial charge in [0.2, 0.25) is 0 Å². The number of nitrogens with zero attached hydrogens (tertiary/aromatic N) is 1. The second kappa shape index (κ2) is 11.7. The Hall–Kier alpha value is -3.84. The molecule has 0 saturated heterocycles. The first kappa shape index (κ1) is 23.8. The molecule has 0 aliphatic rings. The van der Waals surface area contributed by atoms with Crippen molar-refractivity contribution in [1.29, 1.82) is 0 Å². The SMILES string of the molecule is COc1cc(NC(=O)c2cccc(Oc3ccccc3)c2)ccc1C(=O)NCCCN(C)C. The number of carbonyl (C=O) groups excluding carboxylic acids is 2. The maximum Gasteiger partial charge on any atom is 0.255 e. The molecule has 3 aromatic rings. The maximum atomic E-state index is 12.8. The monoisotopic (exact) mass is 447 g/mol. The smallest absolute Gasteiger partial charge is 0.255 e. The summed E-state index contributed by atoms with van der Waals surface area (Å²) in [6, 6.07) is 21.3. The lowest BCUT2D eigenvalue weighted by molar-refractivity contribution is 0.0948. The van der Waals surface area contributed by atoms with Crippen LogP contribution in [0.2, 0.25) is 0 Å². The fourth-order valence-corrected chi connectivity index (χ4v) is 3.18. The van der Waals surface area contributed by atoms with Crippen molar-refractivity contribution in [3.63, 3.8) is 0 Å². The third-order valence-electron chi connectivity index (χ3n) is 4.85. The van der Waals surface area contributed by atoms with Crippen LogP contribution in [-0.4, -0.2) is 51.0 Å². The molecule has 3 aromatic carbocycles. The van der Waals surface area contributed by atoms with Crippen LogP contribution in [0, 0.1) is 0 Å². The highest BCUT2D eigenvalue weighted by Crippen LogP contribution is 2.25. The van der Waals surface area contributed by atoms with E-state index in [0.29, 0.717) is 40.6 Å². The highest BCUT2D eigenvalue weighted by Gasteiger charge is 2.14. The number of amides is 2. The maximum absolute atomic E-state index is 12.8. The van der Waals surface area contributed by atoms with Gasteiger partial charge in [-0.2, -0.15) is 0 Å². The summed E-state index contributed by atoms with van der Waals surface area (Å²) >= 11 is 0. The fraction of sp³-hybridized carbons (Fsp3) is 0.231. The number of methoxy groups -OCH3 is 1. The summed E-state index contributed by atoms with van der Waals surface area (Å²) in [5.74, 6) is 1.13. The van der Waals surface area contributed by atoms with Gasteiger partial charge in [0.15, 0.2) is 0 Å². The third-order valence-corrected chi connectivity index (χ3v) is 4.85. The number of nitrogens with one attached hydrogen (secondary N) is 2. The summed E-state index contributed by atoms with van der Waals surface area (Å²) in [5.41, 5.74) is 1.39. The van der Waals surface area contributed by atoms with Gasteiger partial charge < -0.3 is 25.0 Å². The zero-order valence-corrected chi connectivity index (χ0v) is 19.1. The average Bonchev–Trinajstić information content (AvgIpc) is 2.82. The second-order valence-electron chi connectivity index (χ2n) is 7.72. The molecule has 0 aliphatic heterocycles. The molecule has 0 bridgehead atoms. The molecule has 0 aliphatic carbocycles. The highest BCUT2D eigenvalue weighted by molar-refractivity contribution is 6.05. The molecule has 0 spiro atoms. The summed E-state index contributed by atoms with van der Waals surface area (Å²) in [5, 5.41) is 5.74. The lowest BCUT2D eigenvalue weighted by Crippen LogP contribution is -2.27. The van der Waals surface area contributed by atoms with Gasteiger partial charge in [0.25, 0.3) is 11.8 Å². The highest BCUT2D eigenvalue weighted by atomic mass is 16.5. The summed E-state index contributed by atoms with van der Waals surface area (Å²) in [7, 11) is 5.48. The molecular formula is C26H29N3O4. The number of hydrogen-bond acceptors (Lipinski definition) is 5. The van der Waals surface area contributed by atoms with Gasteiger partial charge in [-0.05, 0) is 69.5 Å². The number of anilines is 1. The molecule has 0 saturated carbocycles. The van der Waals surface area contributed by atoms with Gasteiger partial charge in [-0.25, -0.2) is 0 Å². The van der Waals surface area contributed by atoms with Crippen LogP contribution < -0.4 is 20.1 Å². The van der Waals surface area contributed by atoms with Crippen molar-refractivity contribution in [2.45, 2.75) is 6.42 Å². The van der Waals surface area contributed by atoms with E-state index in [1.54, 1.807) is 42.5 Å². The second-order valence-corrected chi connectivity index (χ2v) is 7.72. The van der Waals surface area contributed by atoms with Crippen molar-refractivity contribution in [1.82, 2.24) is 10.2 Å². The first-order valence-electron chi connectivity index (χ1n) is 10.7. The number of hydrogen-bond donors (Lipinski definition) is 2. The van der Waals surface area contributed by atoms with Crippen LogP contribution >= 0.6 is 0 Å². The van der Waals surface area contributed by atoms with Gasteiger partial charge >= 0.3 is 0 Å². The molecule has 0 aromatic heterocycles. The van der Waals surface area contributed by atoms with Crippen LogP contribution in [0.4, 0.5) is 5.69 Å². The minimum atomic E-state index is -0.295. The topological polar surface area (TPSA) is 79.9 Å². The third kappa shape index (κ3) is 7.08. The minimum Gasteiger partial charge on any atom is -0.496 e. The van der Waals surface area contributed by atoms with Gasteiger partial charge in [-0.1, -0.05) is 24.3 Å². The quantitative estimate of drug-likeness (QED) is 0.450. The van der Waals surface area contributed by atoms with Crippen LogP contribution in [0.15, 0.2) is 72.8 Å². The Labute approximate surface area is 194 Å². The van der Waals surface area contributed by atoms with Crippen molar-refractivity contribution in [2.24, 2.45) is 0 Å². The molecule has 7 nitrogen and oxygen atoms in total. The average molecular weight is 448 g/mol. The molecule has 33 heavy (non-hydrogen) atoms. The largest absolute Gasteiger partial charge is 0.496 e. The lowest BCUT2D eigenvalue weighted by Gasteiger charge is -2.13. The number of rotatable bonds is 10. The summed E-state index contributed by atoms with van der Waals surface area (Å²) < 4.78 is 11.2. The van der Waals surface area contributed by atoms with E-state index in [9.17, 15) is 9.59 Å². The fourth-order valence-electron chi connectivity index (χ4n) is 3.18. The number of ether oxygens (including phenoxy) is 2. The predicted molar refractivity (Wildman–Crippen MR) is 129 cm³/mol. The zero-order chi connectivity index (χ0) is 23.6. The van der Waals surface area contributed by atoms with E-state index in [2.05, 4.69) is 15.5 Å². The van der Waals surface area contributed by atoms with Crippen LogP contribution in [-0.2, 0) is 0 Å². The first-order chi connectivity index (χ1) is 16.0. The van der Waals surface area contributed by atoms with E-state index in [0.717, 1.165) is 13.0 Å². The Kier molecular flexibility index (Phi) is 8.43. The molecular weight excluding hydrogens is 418 g/mol. The van der Waals surface area contributed by atoms with E-state index in [4.69, 9.17) is 9.47 Å². The molecule has 0 radical (unpaired) electrons. The summed E-state index contributed by atoms with van der Waals surface area (Å²) in [6.07, 6.45) is 0.849. The molecule has 172 valence electrons. The Bertz CT molecular complexity index is 1080. The molecule has 7 heteroatoms. The van der Waals surface area contributed by atoms with Crippen molar-refractivity contribution in [3.8, 4) is 17.2 Å². The Morgan fingerprint density at radius 1 is 0.879 bits per heavy atom. The minimum absolute atomic E-state index is 0.214. The van der Waals surface area contributed by atoms with Crippen LogP contribution in [0.3, 0.4) is 0 Å². The Morgan fingerprint density at radius 2 is 1.64 bits per heavy atom. The van der Waals surface area contributed by atoms with Gasteiger partial charge in [0.05, 0.1) is 12.7 Å². The van der Waals surface area contributed by atoms with Crippen molar-refractivity contribution < 1.29 is 19.1 Å². The normalized spacial score (nSPS) is 10.5. The molecule has 0 fully saturated rings. The Morgan fingerprint density at radius 3 is 2.36 bits per heavy atom. The molecule has 2 amide bonds. The van der Waals surface area contributed by atoms with E-state index in [-0.39, 0.29) is 11.8 Å². The van der Waals surface area contributed by atoms with Gasteiger partial charge in [-0.3, -0.25) is 9.59 Å². The molecule has 2 N–H and O–H groups in total. The van der Waals surface area contributed by atoms with Crippen LogP contribution in [0.1, 0.15) is 27.1 Å². The van der Waals surface area contributed by atoms with Crippen LogP contribution in [0.5, 0.6) is 17.2 Å². The van der Waals surface area contributed by atoms with Crippen molar-refractivity contribution in [2.75, 3.05) is 39.6 Å². The van der Waals surface area contributed by atoms with Gasteiger partial charge in [0, 0.05) is 23.9 Å². The zero-order valence-electron chi connectivity index (χ0n) is 19.1. The molecule has 3 rings (SSSR count). The predicted octanol–water partition coefficient (Wildman–Crippen LogP) is 4.42. The molecule has 0 unspecified atom stereocenters. The molecule has 0 heterocycles. The molecule has 0 atom stereocenters. The van der Waals surface area contributed by atoms with E-state index in [1.165, 1.54) is 7.11 Å².